The van der Waals surface area contributed by atoms with Gasteiger partial charge in [-0.15, -0.1) is 0 Å². The number of carbonyl (C=O) groups is 1. The van der Waals surface area contributed by atoms with Gasteiger partial charge in [0.15, 0.2) is 11.6 Å². The molecule has 3 aromatic carbocycles. The number of aryl methyl sites for hydroxylation is 2. The van der Waals surface area contributed by atoms with Crippen LogP contribution < -0.4 is 4.74 Å². The van der Waals surface area contributed by atoms with Gasteiger partial charge in [0, 0.05) is 11.5 Å². The van der Waals surface area contributed by atoms with Crippen molar-refractivity contribution in [2.24, 2.45) is 11.8 Å². The SMILES string of the molecule is Cc1ccc(F)c(-c2ccc3c(c2)CC[C@H]3Oc2cccc([C@H](C3CC3)[C@@H](C)C(=O)O)c2F)c1. The number of benzene rings is 3. The molecule has 0 amide bonds. The van der Waals surface area contributed by atoms with Crippen LogP contribution in [0.2, 0.25) is 0 Å². The fraction of sp³-hybridized carbons (Fsp3) is 0.345. The minimum atomic E-state index is -0.909. The van der Waals surface area contributed by atoms with Crippen molar-refractivity contribution in [3.63, 3.8) is 0 Å². The summed E-state index contributed by atoms with van der Waals surface area (Å²) in [5, 5.41) is 9.55. The minimum Gasteiger partial charge on any atom is -0.483 e. The standard InChI is InChI=1S/C29H28F2O3/c1-16-6-12-24(30)23(14-16)20-9-11-21-19(15-20)10-13-25(21)34-26-5-3-4-22(28(26)31)27(18-7-8-18)17(2)29(32)33/h3-6,9,11-12,14-15,17-18,25,27H,7-8,10,13H2,1-2H3,(H,32,33)/t17-,25-,27+/m1/s1. The summed E-state index contributed by atoms with van der Waals surface area (Å²) >= 11 is 0. The largest absolute Gasteiger partial charge is 0.483 e. The second kappa shape index (κ2) is 8.86. The molecule has 0 heterocycles. The number of hydrogen-bond acceptors (Lipinski definition) is 2. The minimum absolute atomic E-state index is 0.160. The average molecular weight is 463 g/mol. The van der Waals surface area contributed by atoms with E-state index in [4.69, 9.17) is 4.74 Å². The predicted octanol–water partition coefficient (Wildman–Crippen LogP) is 7.22. The van der Waals surface area contributed by atoms with Crippen molar-refractivity contribution in [3.8, 4) is 16.9 Å². The van der Waals surface area contributed by atoms with E-state index in [1.807, 2.05) is 31.2 Å². The number of carboxylic acids is 1. The molecule has 0 bridgehead atoms. The highest BCUT2D eigenvalue weighted by atomic mass is 19.1. The monoisotopic (exact) mass is 462 g/mol. The Morgan fingerprint density at radius 2 is 1.85 bits per heavy atom. The lowest BCUT2D eigenvalue weighted by Gasteiger charge is -2.23. The van der Waals surface area contributed by atoms with E-state index in [1.54, 1.807) is 31.2 Å². The van der Waals surface area contributed by atoms with Gasteiger partial charge in [-0.3, -0.25) is 4.79 Å². The molecule has 34 heavy (non-hydrogen) atoms. The van der Waals surface area contributed by atoms with E-state index in [-0.39, 0.29) is 29.5 Å². The lowest BCUT2D eigenvalue weighted by Crippen LogP contribution is -2.22. The van der Waals surface area contributed by atoms with Crippen molar-refractivity contribution in [3.05, 3.63) is 88.5 Å². The first-order valence-electron chi connectivity index (χ1n) is 11.9. The Hall–Kier alpha value is -3.21. The van der Waals surface area contributed by atoms with Gasteiger partial charge in [0.25, 0.3) is 0 Å². The molecular weight excluding hydrogens is 434 g/mol. The molecule has 5 rings (SSSR count). The second-order valence-corrected chi connectivity index (χ2v) is 9.69. The van der Waals surface area contributed by atoms with Crippen LogP contribution in [0.4, 0.5) is 8.78 Å². The molecule has 2 aliphatic carbocycles. The van der Waals surface area contributed by atoms with Gasteiger partial charge in [-0.05, 0) is 79.0 Å². The second-order valence-electron chi connectivity index (χ2n) is 9.69. The van der Waals surface area contributed by atoms with E-state index < -0.39 is 17.7 Å². The fourth-order valence-corrected chi connectivity index (χ4v) is 5.30. The Kier molecular flexibility index (Phi) is 5.88. The summed E-state index contributed by atoms with van der Waals surface area (Å²) in [5.41, 5.74) is 4.89. The zero-order chi connectivity index (χ0) is 24.0. The topological polar surface area (TPSA) is 46.5 Å². The number of rotatable bonds is 7. The summed E-state index contributed by atoms with van der Waals surface area (Å²) < 4.78 is 36.1. The number of aliphatic carboxylic acids is 1. The molecular formula is C29H28F2O3. The molecule has 5 heteroatoms. The van der Waals surface area contributed by atoms with Crippen molar-refractivity contribution in [1.29, 1.82) is 0 Å². The third-order valence-corrected chi connectivity index (χ3v) is 7.28. The van der Waals surface area contributed by atoms with Crippen LogP contribution >= 0.6 is 0 Å². The molecule has 3 atom stereocenters. The van der Waals surface area contributed by atoms with Crippen LogP contribution in [0.1, 0.15) is 60.5 Å². The van der Waals surface area contributed by atoms with Crippen molar-refractivity contribution in [1.82, 2.24) is 0 Å². The third kappa shape index (κ3) is 4.20. The molecule has 0 saturated heterocycles. The van der Waals surface area contributed by atoms with Crippen LogP contribution in [-0.4, -0.2) is 11.1 Å². The predicted molar refractivity (Wildman–Crippen MR) is 127 cm³/mol. The Balaban J connectivity index is 1.41. The van der Waals surface area contributed by atoms with Crippen LogP contribution in [-0.2, 0) is 11.2 Å². The van der Waals surface area contributed by atoms with E-state index in [0.29, 0.717) is 17.5 Å². The average Bonchev–Trinajstić information content (AvgIpc) is 3.58. The lowest BCUT2D eigenvalue weighted by atomic mass is 9.83. The first-order valence-corrected chi connectivity index (χ1v) is 11.9. The maximum Gasteiger partial charge on any atom is 0.306 e. The molecule has 176 valence electrons. The van der Waals surface area contributed by atoms with E-state index in [0.717, 1.165) is 41.5 Å². The molecule has 0 aliphatic heterocycles. The molecule has 3 nitrogen and oxygen atoms in total. The molecule has 2 aliphatic rings. The van der Waals surface area contributed by atoms with Crippen LogP contribution in [0.5, 0.6) is 5.75 Å². The van der Waals surface area contributed by atoms with Gasteiger partial charge >= 0.3 is 5.97 Å². The zero-order valence-corrected chi connectivity index (χ0v) is 19.4. The Morgan fingerprint density at radius 1 is 1.06 bits per heavy atom. The molecule has 0 unspecified atom stereocenters. The normalized spacial score (nSPS) is 18.9. The van der Waals surface area contributed by atoms with Gasteiger partial charge < -0.3 is 9.84 Å². The van der Waals surface area contributed by atoms with Gasteiger partial charge in [0.05, 0.1) is 5.92 Å². The maximum atomic E-state index is 15.6. The molecule has 1 fully saturated rings. The van der Waals surface area contributed by atoms with Crippen LogP contribution in [0.3, 0.4) is 0 Å². The molecule has 0 spiro atoms. The lowest BCUT2D eigenvalue weighted by molar-refractivity contribution is -0.142. The van der Waals surface area contributed by atoms with E-state index in [9.17, 15) is 14.3 Å². The summed E-state index contributed by atoms with van der Waals surface area (Å²) in [4.78, 5) is 11.7. The van der Waals surface area contributed by atoms with E-state index in [2.05, 4.69) is 0 Å². The van der Waals surface area contributed by atoms with Crippen LogP contribution in [0.15, 0.2) is 54.6 Å². The molecule has 0 aromatic heterocycles. The maximum absolute atomic E-state index is 15.6. The number of hydrogen-bond donors (Lipinski definition) is 1. The van der Waals surface area contributed by atoms with Gasteiger partial charge in [-0.1, -0.05) is 48.9 Å². The van der Waals surface area contributed by atoms with Crippen LogP contribution in [0.25, 0.3) is 11.1 Å². The van der Waals surface area contributed by atoms with Crippen molar-refractivity contribution < 1.29 is 23.4 Å². The van der Waals surface area contributed by atoms with Gasteiger partial charge in [0.1, 0.15) is 11.9 Å². The number of carboxylic acid groups (broad SMARTS) is 1. The highest BCUT2D eigenvalue weighted by molar-refractivity contribution is 5.71. The number of halogens is 2. The highest BCUT2D eigenvalue weighted by Crippen LogP contribution is 2.48. The summed E-state index contributed by atoms with van der Waals surface area (Å²) in [6, 6.07) is 16.0. The summed E-state index contributed by atoms with van der Waals surface area (Å²) in [5.74, 6) is -2.28. The quantitative estimate of drug-likeness (QED) is 0.403. The number of ether oxygens (including phenoxy) is 1. The molecule has 0 radical (unpaired) electrons. The summed E-state index contributed by atoms with van der Waals surface area (Å²) in [6.45, 7) is 3.59. The highest BCUT2D eigenvalue weighted by Gasteiger charge is 2.40. The van der Waals surface area contributed by atoms with Crippen molar-refractivity contribution in [2.45, 2.75) is 51.6 Å². The van der Waals surface area contributed by atoms with Crippen molar-refractivity contribution in [2.75, 3.05) is 0 Å². The fourth-order valence-electron chi connectivity index (χ4n) is 5.30. The van der Waals surface area contributed by atoms with E-state index in [1.165, 1.54) is 6.07 Å². The summed E-state index contributed by atoms with van der Waals surface area (Å²) in [6.07, 6.45) is 3.02. The Labute approximate surface area is 198 Å². The van der Waals surface area contributed by atoms with Gasteiger partial charge in [-0.25, -0.2) is 8.78 Å². The number of fused-ring (bicyclic) bond motifs is 1. The third-order valence-electron chi connectivity index (χ3n) is 7.28. The molecule has 1 saturated carbocycles. The molecule has 3 aromatic rings. The van der Waals surface area contributed by atoms with E-state index >= 15 is 4.39 Å². The van der Waals surface area contributed by atoms with Gasteiger partial charge in [-0.2, -0.15) is 0 Å². The van der Waals surface area contributed by atoms with Gasteiger partial charge in [0.2, 0.25) is 0 Å². The first kappa shape index (κ1) is 22.6. The Morgan fingerprint density at radius 3 is 2.59 bits per heavy atom. The zero-order valence-electron chi connectivity index (χ0n) is 19.4. The first-order chi connectivity index (χ1) is 16.3. The van der Waals surface area contributed by atoms with Crippen molar-refractivity contribution >= 4 is 5.97 Å². The molecule has 1 N–H and O–H groups in total. The summed E-state index contributed by atoms with van der Waals surface area (Å²) in [7, 11) is 0. The van der Waals surface area contributed by atoms with Crippen LogP contribution in [0, 0.1) is 30.4 Å². The Bertz CT molecular complexity index is 1250. The smallest absolute Gasteiger partial charge is 0.306 e.